The molecule has 16 heteroatoms. The van der Waals surface area contributed by atoms with Gasteiger partial charge in [-0.15, -0.1) is 0 Å². The fourth-order valence-electron chi connectivity index (χ4n) is 4.30. The number of hydrogen-bond donors (Lipinski definition) is 1. The molecule has 0 fully saturated rings. The molecule has 1 unspecified atom stereocenters. The molecule has 4 rings (SSSR count). The third kappa shape index (κ3) is 6.21. The van der Waals surface area contributed by atoms with Gasteiger partial charge in [0.2, 0.25) is 5.91 Å². The maximum absolute atomic E-state index is 14.7. The summed E-state index contributed by atoms with van der Waals surface area (Å²) in [6, 6.07) is 1.52. The van der Waals surface area contributed by atoms with Gasteiger partial charge in [-0.1, -0.05) is 11.8 Å². The Hall–Kier alpha value is -2.75. The van der Waals surface area contributed by atoms with Crippen molar-refractivity contribution in [1.29, 1.82) is 0 Å². The number of aromatic nitrogens is 4. The van der Waals surface area contributed by atoms with Crippen LogP contribution in [0.1, 0.15) is 53.5 Å². The van der Waals surface area contributed by atoms with Gasteiger partial charge in [-0.25, -0.2) is 36.3 Å². The molecule has 0 bridgehead atoms. The second kappa shape index (κ2) is 11.0. The number of benzene rings is 1. The fourth-order valence-corrected chi connectivity index (χ4v) is 5.11. The zero-order valence-electron chi connectivity index (χ0n) is 19.8. The predicted octanol–water partition coefficient (Wildman–Crippen LogP) is 6.45. The van der Waals surface area contributed by atoms with Gasteiger partial charge >= 0.3 is 0 Å². The molecule has 6 nitrogen and oxygen atoms in total. The highest BCUT2D eigenvalue weighted by Gasteiger charge is 2.55. The molecule has 39 heavy (non-hydrogen) atoms. The van der Waals surface area contributed by atoms with E-state index in [1.54, 1.807) is 6.26 Å². The maximum atomic E-state index is 14.7. The fraction of sp³-hybridized carbons (Fsp3) is 0.391. The molecular formula is C23H18BrF8N5OS. The van der Waals surface area contributed by atoms with Crippen molar-refractivity contribution in [2.75, 3.05) is 6.26 Å². The number of carbonyl (C=O) groups is 1. The van der Waals surface area contributed by atoms with Crippen molar-refractivity contribution in [3.05, 3.63) is 68.7 Å². The van der Waals surface area contributed by atoms with Crippen LogP contribution in [0.25, 0.3) is 0 Å². The first-order valence-corrected chi connectivity index (χ1v) is 13.2. The van der Waals surface area contributed by atoms with Gasteiger partial charge in [0.1, 0.15) is 29.6 Å². The van der Waals surface area contributed by atoms with Gasteiger partial charge < -0.3 is 5.32 Å². The van der Waals surface area contributed by atoms with Crippen LogP contribution in [0.15, 0.2) is 34.0 Å². The number of halogens is 9. The quantitative estimate of drug-likeness (QED) is 0.174. The molecule has 0 saturated carbocycles. The third-order valence-corrected chi connectivity index (χ3v) is 7.08. The number of hydrogen-bond acceptors (Lipinski definition) is 5. The normalized spacial score (nSPS) is 16.7. The van der Waals surface area contributed by atoms with E-state index in [1.807, 2.05) is 0 Å². The van der Waals surface area contributed by atoms with Gasteiger partial charge in [-0.2, -0.15) is 13.9 Å². The minimum atomic E-state index is -4.00. The van der Waals surface area contributed by atoms with Crippen LogP contribution >= 0.6 is 27.7 Å². The van der Waals surface area contributed by atoms with Crippen molar-refractivity contribution < 1.29 is 39.9 Å². The van der Waals surface area contributed by atoms with Gasteiger partial charge in [0.15, 0.2) is 5.16 Å². The summed E-state index contributed by atoms with van der Waals surface area (Å²) in [5.41, 5.74) is -4.33. The summed E-state index contributed by atoms with van der Waals surface area (Å²) in [5, 5.41) is 5.99. The lowest BCUT2D eigenvalue weighted by atomic mass is 9.89. The highest BCUT2D eigenvalue weighted by atomic mass is 79.9. The Morgan fingerprint density at radius 3 is 2.36 bits per heavy atom. The number of amides is 1. The highest BCUT2D eigenvalue weighted by molar-refractivity contribution is 9.10. The van der Waals surface area contributed by atoms with Crippen LogP contribution in [0.4, 0.5) is 35.1 Å². The Morgan fingerprint density at radius 2 is 1.74 bits per heavy atom. The van der Waals surface area contributed by atoms with Crippen LogP contribution < -0.4 is 5.32 Å². The van der Waals surface area contributed by atoms with Crippen molar-refractivity contribution in [3.8, 4) is 0 Å². The molecule has 0 spiro atoms. The molecule has 1 aromatic carbocycles. The van der Waals surface area contributed by atoms with E-state index in [-0.39, 0.29) is 32.0 Å². The van der Waals surface area contributed by atoms with Crippen molar-refractivity contribution in [3.63, 3.8) is 0 Å². The Labute approximate surface area is 228 Å². The van der Waals surface area contributed by atoms with E-state index in [2.05, 4.69) is 36.3 Å². The number of nitrogens with one attached hydrogen (secondary N) is 1. The smallest absolute Gasteiger partial charge is 0.290 e. The van der Waals surface area contributed by atoms with Crippen molar-refractivity contribution in [1.82, 2.24) is 25.1 Å². The summed E-state index contributed by atoms with van der Waals surface area (Å²) in [4.78, 5) is 21.4. The molecule has 0 radical (unpaired) electrons. The lowest BCUT2D eigenvalue weighted by Crippen LogP contribution is -2.37. The first kappa shape index (κ1) is 29.2. The summed E-state index contributed by atoms with van der Waals surface area (Å²) >= 11 is 4.39. The number of alkyl halides is 6. The average Bonchev–Trinajstić information content (AvgIpc) is 3.23. The maximum Gasteiger partial charge on any atom is 0.290 e. The molecular weight excluding hydrogens is 626 g/mol. The average molecular weight is 644 g/mol. The molecule has 3 aromatic rings. The van der Waals surface area contributed by atoms with E-state index >= 15 is 0 Å². The second-order valence-corrected chi connectivity index (χ2v) is 10.3. The Kier molecular flexibility index (Phi) is 8.26. The van der Waals surface area contributed by atoms with Gasteiger partial charge in [0, 0.05) is 25.1 Å². The van der Waals surface area contributed by atoms with Crippen LogP contribution in [0.2, 0.25) is 0 Å². The van der Waals surface area contributed by atoms with Gasteiger partial charge in [-0.05, 0) is 46.3 Å². The van der Waals surface area contributed by atoms with E-state index in [0.29, 0.717) is 6.07 Å². The van der Waals surface area contributed by atoms with Crippen molar-refractivity contribution >= 4 is 33.6 Å². The van der Waals surface area contributed by atoms with Crippen LogP contribution in [0.5, 0.6) is 0 Å². The Bertz CT molecular complexity index is 1380. The van der Waals surface area contributed by atoms with Crippen LogP contribution in [0, 0.1) is 11.6 Å². The molecule has 1 atom stereocenters. The summed E-state index contributed by atoms with van der Waals surface area (Å²) in [7, 11) is 0. The Balaban J connectivity index is 1.71. The van der Waals surface area contributed by atoms with E-state index in [0.717, 1.165) is 23.9 Å². The number of fused-ring (bicyclic) bond motifs is 1. The molecule has 1 aliphatic carbocycles. The minimum Gasteiger partial charge on any atom is -0.346 e. The largest absolute Gasteiger partial charge is 0.346 e. The topological polar surface area (TPSA) is 72.7 Å². The molecule has 2 heterocycles. The zero-order chi connectivity index (χ0) is 28.7. The van der Waals surface area contributed by atoms with E-state index < -0.39 is 78.2 Å². The molecule has 1 N–H and O–H groups in total. The first-order valence-electron chi connectivity index (χ1n) is 11.2. The van der Waals surface area contributed by atoms with Gasteiger partial charge in [0.05, 0.1) is 21.8 Å². The summed E-state index contributed by atoms with van der Waals surface area (Å²) in [6.07, 6.45) is -3.50. The summed E-state index contributed by atoms with van der Waals surface area (Å²) in [5.74, 6) is -10.8. The second-order valence-electron chi connectivity index (χ2n) is 8.67. The molecule has 1 aliphatic rings. The number of carbonyl (C=O) groups excluding carboxylic acids is 1. The molecule has 0 saturated heterocycles. The van der Waals surface area contributed by atoms with E-state index in [9.17, 15) is 39.9 Å². The predicted molar refractivity (Wildman–Crippen MR) is 127 cm³/mol. The lowest BCUT2D eigenvalue weighted by molar-refractivity contribution is -0.123. The summed E-state index contributed by atoms with van der Waals surface area (Å²) < 4.78 is 113. The van der Waals surface area contributed by atoms with Crippen LogP contribution in [0.3, 0.4) is 0 Å². The molecule has 0 aliphatic heterocycles. The van der Waals surface area contributed by atoms with E-state index in [1.165, 1.54) is 6.20 Å². The minimum absolute atomic E-state index is 0.0941. The highest BCUT2D eigenvalue weighted by Crippen LogP contribution is 2.52. The van der Waals surface area contributed by atoms with Gasteiger partial charge in [-0.3, -0.25) is 9.48 Å². The molecule has 2 aromatic heterocycles. The molecule has 1 amide bonds. The number of thioether (sulfide) groups is 1. The molecule has 210 valence electrons. The lowest BCUT2D eigenvalue weighted by Gasteiger charge is -2.29. The number of rotatable bonds is 8. The van der Waals surface area contributed by atoms with Crippen molar-refractivity contribution in [2.24, 2.45) is 0 Å². The zero-order valence-corrected chi connectivity index (χ0v) is 22.2. The SMILES string of the molecule is CSc1ncc(Br)c(C(Cc2cc(F)cc(F)c2)NC(=O)Cn2nc(C(F)F)c3c2C(F)(F)CCC3(F)F)n1. The van der Waals surface area contributed by atoms with E-state index in [4.69, 9.17) is 0 Å². The monoisotopic (exact) mass is 643 g/mol. The summed E-state index contributed by atoms with van der Waals surface area (Å²) in [6.45, 7) is -1.12. The van der Waals surface area contributed by atoms with Crippen molar-refractivity contribution in [2.45, 2.75) is 55.3 Å². The van der Waals surface area contributed by atoms with Crippen LogP contribution in [-0.2, 0) is 29.6 Å². The van der Waals surface area contributed by atoms with Gasteiger partial charge in [0.25, 0.3) is 18.3 Å². The first-order chi connectivity index (χ1) is 18.2. The Morgan fingerprint density at radius 1 is 1.10 bits per heavy atom. The number of nitrogens with zero attached hydrogens (tertiary/aromatic N) is 4. The standard InChI is InChI=1S/C23H18BrF8N5OS/c1-39-21-33-8-13(24)17(35-21)14(6-10-4-11(25)7-12(26)5-10)34-15(38)9-37-19-16(18(36-37)20(27)28)22(29,30)2-3-23(19,31)32/h4-5,7-8,14,20H,2-3,6,9H2,1H3,(H,34,38). The van der Waals surface area contributed by atoms with Crippen LogP contribution in [-0.4, -0.2) is 31.9 Å². The third-order valence-electron chi connectivity index (χ3n) is 5.90.